The molecule has 2 unspecified atom stereocenters. The molecule has 0 bridgehead atoms. The van der Waals surface area contributed by atoms with Gasteiger partial charge in [-0.05, 0) is 43.5 Å². The van der Waals surface area contributed by atoms with Crippen LogP contribution in [-0.2, 0) is 4.79 Å². The first-order valence-electron chi connectivity index (χ1n) is 6.95. The summed E-state index contributed by atoms with van der Waals surface area (Å²) in [6.07, 6.45) is 2.69. The Kier molecular flexibility index (Phi) is 5.43. The molecule has 4 nitrogen and oxygen atoms in total. The Bertz CT molecular complexity index is 450. The molecule has 110 valence electrons. The Morgan fingerprint density at radius 2 is 2.10 bits per heavy atom. The van der Waals surface area contributed by atoms with Crippen molar-refractivity contribution in [3.8, 4) is 5.75 Å². The standard InChI is InChI=1S/C15H21BrN2O2/c1-18(15(19)11-2-5-13(17)10-11)8-9-20-14-6-3-12(16)4-7-14/h3-4,6-7,11,13H,2,5,8-10,17H2,1H3. The molecule has 5 heteroatoms. The lowest BCUT2D eigenvalue weighted by molar-refractivity contribution is -0.134. The predicted molar refractivity (Wildman–Crippen MR) is 82.6 cm³/mol. The minimum atomic E-state index is 0.0997. The number of rotatable bonds is 5. The van der Waals surface area contributed by atoms with Crippen LogP contribution in [0.4, 0.5) is 0 Å². The van der Waals surface area contributed by atoms with Gasteiger partial charge in [-0.3, -0.25) is 4.79 Å². The van der Waals surface area contributed by atoms with Crippen molar-refractivity contribution >= 4 is 21.8 Å². The van der Waals surface area contributed by atoms with E-state index in [0.717, 1.165) is 29.5 Å². The van der Waals surface area contributed by atoms with Gasteiger partial charge in [0.2, 0.25) is 5.91 Å². The van der Waals surface area contributed by atoms with Gasteiger partial charge in [-0.1, -0.05) is 15.9 Å². The molecule has 2 rings (SSSR count). The third-order valence-corrected chi connectivity index (χ3v) is 4.24. The van der Waals surface area contributed by atoms with Crippen LogP contribution in [0.5, 0.6) is 5.75 Å². The smallest absolute Gasteiger partial charge is 0.225 e. The fraction of sp³-hybridized carbons (Fsp3) is 0.533. The van der Waals surface area contributed by atoms with Gasteiger partial charge in [0.15, 0.2) is 0 Å². The maximum Gasteiger partial charge on any atom is 0.225 e. The first-order valence-corrected chi connectivity index (χ1v) is 7.74. The van der Waals surface area contributed by atoms with Gasteiger partial charge in [0.1, 0.15) is 12.4 Å². The van der Waals surface area contributed by atoms with Crippen molar-refractivity contribution in [1.82, 2.24) is 4.90 Å². The molecular weight excluding hydrogens is 320 g/mol. The molecule has 0 spiro atoms. The van der Waals surface area contributed by atoms with Crippen LogP contribution in [0, 0.1) is 5.92 Å². The Labute approximate surface area is 128 Å². The quantitative estimate of drug-likeness (QED) is 0.895. The number of likely N-dealkylation sites (N-methyl/N-ethyl adjacent to an activating group) is 1. The fourth-order valence-electron chi connectivity index (χ4n) is 2.49. The van der Waals surface area contributed by atoms with Crippen LogP contribution in [0.2, 0.25) is 0 Å². The Morgan fingerprint density at radius 1 is 1.40 bits per heavy atom. The predicted octanol–water partition coefficient (Wildman–Crippen LogP) is 2.41. The molecule has 1 aliphatic rings. The van der Waals surface area contributed by atoms with E-state index < -0.39 is 0 Å². The van der Waals surface area contributed by atoms with E-state index in [9.17, 15) is 4.79 Å². The number of nitrogens with zero attached hydrogens (tertiary/aromatic N) is 1. The number of hydrogen-bond acceptors (Lipinski definition) is 3. The highest BCUT2D eigenvalue weighted by atomic mass is 79.9. The van der Waals surface area contributed by atoms with Crippen molar-refractivity contribution in [1.29, 1.82) is 0 Å². The zero-order chi connectivity index (χ0) is 14.5. The van der Waals surface area contributed by atoms with E-state index >= 15 is 0 Å². The summed E-state index contributed by atoms with van der Waals surface area (Å²) in [6, 6.07) is 7.87. The maximum absolute atomic E-state index is 12.2. The minimum absolute atomic E-state index is 0.0997. The molecule has 0 heterocycles. The molecule has 1 aromatic rings. The van der Waals surface area contributed by atoms with Crippen molar-refractivity contribution in [2.45, 2.75) is 25.3 Å². The molecule has 0 aliphatic heterocycles. The fourth-order valence-corrected chi connectivity index (χ4v) is 2.76. The van der Waals surface area contributed by atoms with E-state index in [1.807, 2.05) is 31.3 Å². The normalized spacial score (nSPS) is 21.8. The molecule has 20 heavy (non-hydrogen) atoms. The second kappa shape index (κ2) is 7.09. The van der Waals surface area contributed by atoms with Crippen LogP contribution in [0.25, 0.3) is 0 Å². The van der Waals surface area contributed by atoms with Crippen molar-refractivity contribution in [3.05, 3.63) is 28.7 Å². The lowest BCUT2D eigenvalue weighted by Crippen LogP contribution is -2.35. The molecule has 0 saturated heterocycles. The van der Waals surface area contributed by atoms with Gasteiger partial charge >= 0.3 is 0 Å². The summed E-state index contributed by atoms with van der Waals surface area (Å²) in [4.78, 5) is 13.9. The van der Waals surface area contributed by atoms with E-state index in [2.05, 4.69) is 15.9 Å². The van der Waals surface area contributed by atoms with E-state index in [1.54, 1.807) is 4.90 Å². The lowest BCUT2D eigenvalue weighted by Gasteiger charge is -2.21. The van der Waals surface area contributed by atoms with Crippen LogP contribution in [0.3, 0.4) is 0 Å². The third-order valence-electron chi connectivity index (χ3n) is 3.71. The minimum Gasteiger partial charge on any atom is -0.492 e. The van der Waals surface area contributed by atoms with Crippen LogP contribution >= 0.6 is 15.9 Å². The lowest BCUT2D eigenvalue weighted by atomic mass is 10.1. The van der Waals surface area contributed by atoms with Gasteiger partial charge in [0.05, 0.1) is 6.54 Å². The van der Waals surface area contributed by atoms with Gasteiger partial charge in [-0.15, -0.1) is 0 Å². The molecule has 1 saturated carbocycles. The number of hydrogen-bond donors (Lipinski definition) is 1. The van der Waals surface area contributed by atoms with E-state index in [-0.39, 0.29) is 17.9 Å². The first-order chi connectivity index (χ1) is 9.56. The Hall–Kier alpha value is -1.07. The summed E-state index contributed by atoms with van der Waals surface area (Å²) in [5.74, 6) is 1.11. The molecule has 2 atom stereocenters. The zero-order valence-corrected chi connectivity index (χ0v) is 13.3. The summed E-state index contributed by atoms with van der Waals surface area (Å²) in [5, 5.41) is 0. The molecule has 0 aromatic heterocycles. The average molecular weight is 341 g/mol. The number of carbonyl (C=O) groups is 1. The van der Waals surface area contributed by atoms with E-state index in [4.69, 9.17) is 10.5 Å². The van der Waals surface area contributed by atoms with E-state index in [1.165, 1.54) is 0 Å². The number of amides is 1. The largest absolute Gasteiger partial charge is 0.492 e. The summed E-state index contributed by atoms with van der Waals surface area (Å²) < 4.78 is 6.65. The second-order valence-corrected chi connectivity index (χ2v) is 6.25. The van der Waals surface area contributed by atoms with Gasteiger partial charge in [0, 0.05) is 23.5 Å². The number of halogens is 1. The molecule has 1 amide bonds. The SMILES string of the molecule is CN(CCOc1ccc(Br)cc1)C(=O)C1CCC(N)C1. The summed E-state index contributed by atoms with van der Waals surface area (Å²) in [5.41, 5.74) is 5.85. The van der Waals surface area contributed by atoms with Crippen LogP contribution < -0.4 is 10.5 Å². The van der Waals surface area contributed by atoms with E-state index in [0.29, 0.717) is 13.2 Å². The maximum atomic E-state index is 12.2. The Balaban J connectivity index is 1.73. The van der Waals surface area contributed by atoms with Crippen LogP contribution in [-0.4, -0.2) is 37.0 Å². The molecular formula is C15H21BrN2O2. The Morgan fingerprint density at radius 3 is 2.70 bits per heavy atom. The summed E-state index contributed by atoms with van der Waals surface area (Å²) in [7, 11) is 1.83. The highest BCUT2D eigenvalue weighted by Gasteiger charge is 2.29. The monoisotopic (exact) mass is 340 g/mol. The van der Waals surface area contributed by atoms with Crippen molar-refractivity contribution in [2.75, 3.05) is 20.2 Å². The highest BCUT2D eigenvalue weighted by Crippen LogP contribution is 2.25. The summed E-state index contributed by atoms with van der Waals surface area (Å²) >= 11 is 3.38. The van der Waals surface area contributed by atoms with Crippen molar-refractivity contribution < 1.29 is 9.53 Å². The number of benzene rings is 1. The van der Waals surface area contributed by atoms with Gasteiger partial charge in [0.25, 0.3) is 0 Å². The van der Waals surface area contributed by atoms with Crippen molar-refractivity contribution in [3.63, 3.8) is 0 Å². The summed E-state index contributed by atoms with van der Waals surface area (Å²) in [6.45, 7) is 1.10. The first kappa shape index (κ1) is 15.3. The van der Waals surface area contributed by atoms with Crippen LogP contribution in [0.15, 0.2) is 28.7 Å². The average Bonchev–Trinajstić information content (AvgIpc) is 2.86. The molecule has 1 aliphatic carbocycles. The number of carbonyl (C=O) groups excluding carboxylic acids is 1. The molecule has 1 aromatic carbocycles. The molecule has 0 radical (unpaired) electrons. The number of ether oxygens (including phenoxy) is 1. The van der Waals surface area contributed by atoms with Gasteiger partial charge in [-0.2, -0.15) is 0 Å². The number of nitrogens with two attached hydrogens (primary N) is 1. The van der Waals surface area contributed by atoms with Crippen LogP contribution in [0.1, 0.15) is 19.3 Å². The van der Waals surface area contributed by atoms with Gasteiger partial charge in [-0.25, -0.2) is 0 Å². The highest BCUT2D eigenvalue weighted by molar-refractivity contribution is 9.10. The molecule has 2 N–H and O–H groups in total. The molecule has 1 fully saturated rings. The third kappa shape index (κ3) is 4.21. The van der Waals surface area contributed by atoms with Gasteiger partial charge < -0.3 is 15.4 Å². The second-order valence-electron chi connectivity index (χ2n) is 5.33. The van der Waals surface area contributed by atoms with Crippen molar-refractivity contribution in [2.24, 2.45) is 11.7 Å². The topological polar surface area (TPSA) is 55.6 Å². The zero-order valence-electron chi connectivity index (χ0n) is 11.7.